The Bertz CT molecular complexity index is 1050. The third-order valence-electron chi connectivity index (χ3n) is 6.60. The molecule has 3 amide bonds. The number of ether oxygens (including phenoxy) is 1. The van der Waals surface area contributed by atoms with Gasteiger partial charge in [0.05, 0.1) is 12.1 Å². The number of aromatic nitrogens is 1. The lowest BCUT2D eigenvalue weighted by atomic mass is 10.1. The van der Waals surface area contributed by atoms with Gasteiger partial charge in [0.15, 0.2) is 0 Å². The quantitative estimate of drug-likeness (QED) is 0.704. The summed E-state index contributed by atoms with van der Waals surface area (Å²) in [6.45, 7) is 4.32. The molecule has 2 aromatic rings. The van der Waals surface area contributed by atoms with Gasteiger partial charge in [-0.2, -0.15) is 0 Å². The summed E-state index contributed by atoms with van der Waals surface area (Å²) >= 11 is 1.66. The maximum absolute atomic E-state index is 13.8. The van der Waals surface area contributed by atoms with E-state index in [1.807, 2.05) is 16.3 Å². The highest BCUT2D eigenvalue weighted by Crippen LogP contribution is 2.27. The first-order valence-corrected chi connectivity index (χ1v) is 12.1. The molecular weight excluding hydrogens is 442 g/mol. The van der Waals surface area contributed by atoms with Crippen LogP contribution in [0.1, 0.15) is 28.6 Å². The number of likely N-dealkylation sites (tertiary alicyclic amines) is 1. The summed E-state index contributed by atoms with van der Waals surface area (Å²) < 4.78 is 5.96. The van der Waals surface area contributed by atoms with E-state index in [4.69, 9.17) is 4.74 Å². The van der Waals surface area contributed by atoms with Crippen molar-refractivity contribution in [3.05, 3.63) is 46.3 Å². The molecule has 3 aliphatic rings. The molecule has 3 aliphatic heterocycles. The Hall–Kier alpha value is -2.98. The maximum Gasteiger partial charge on any atom is 0.257 e. The van der Waals surface area contributed by atoms with Crippen LogP contribution in [0.5, 0.6) is 5.88 Å². The molecule has 2 bridgehead atoms. The van der Waals surface area contributed by atoms with Gasteiger partial charge in [0.25, 0.3) is 5.91 Å². The fourth-order valence-corrected chi connectivity index (χ4v) is 5.65. The molecule has 174 valence electrons. The van der Waals surface area contributed by atoms with Crippen molar-refractivity contribution in [2.24, 2.45) is 0 Å². The number of carbonyl (C=O) groups is 3. The molecule has 0 saturated carbocycles. The van der Waals surface area contributed by atoms with Crippen LogP contribution in [0.15, 0.2) is 35.8 Å². The van der Waals surface area contributed by atoms with Crippen LogP contribution >= 0.6 is 11.3 Å². The van der Waals surface area contributed by atoms with Crippen molar-refractivity contribution in [3.63, 3.8) is 0 Å². The first-order valence-electron chi connectivity index (χ1n) is 11.2. The van der Waals surface area contributed by atoms with Gasteiger partial charge in [0.2, 0.25) is 17.7 Å². The molecule has 2 fully saturated rings. The van der Waals surface area contributed by atoms with Crippen LogP contribution < -0.4 is 10.1 Å². The zero-order valence-electron chi connectivity index (χ0n) is 18.5. The first-order chi connectivity index (χ1) is 16.0. The minimum Gasteiger partial charge on any atom is -0.475 e. The number of nitrogens with zero attached hydrogens (tertiary/aromatic N) is 4. The summed E-state index contributed by atoms with van der Waals surface area (Å²) in [6.07, 6.45) is 2.13. The van der Waals surface area contributed by atoms with Crippen molar-refractivity contribution < 1.29 is 19.1 Å². The normalized spacial score (nSPS) is 25.9. The zero-order chi connectivity index (χ0) is 22.9. The monoisotopic (exact) mass is 469 g/mol. The van der Waals surface area contributed by atoms with E-state index in [0.29, 0.717) is 44.7 Å². The van der Waals surface area contributed by atoms with Gasteiger partial charge in [0.1, 0.15) is 12.2 Å². The molecule has 5 rings (SSSR count). The third kappa shape index (κ3) is 4.45. The zero-order valence-corrected chi connectivity index (χ0v) is 19.3. The number of nitrogens with one attached hydrogen (secondary N) is 1. The Balaban J connectivity index is 1.48. The minimum absolute atomic E-state index is 0.0219. The topological polar surface area (TPSA) is 95.1 Å². The largest absolute Gasteiger partial charge is 0.475 e. The Morgan fingerprint density at radius 3 is 2.91 bits per heavy atom. The van der Waals surface area contributed by atoms with Crippen LogP contribution in [0.3, 0.4) is 0 Å². The van der Waals surface area contributed by atoms with E-state index in [0.717, 1.165) is 0 Å². The van der Waals surface area contributed by atoms with Crippen LogP contribution in [0.25, 0.3) is 0 Å². The molecule has 33 heavy (non-hydrogen) atoms. The second-order valence-corrected chi connectivity index (χ2v) is 9.78. The second-order valence-electron chi connectivity index (χ2n) is 8.75. The number of pyridine rings is 1. The number of rotatable bonds is 2. The van der Waals surface area contributed by atoms with Gasteiger partial charge in [-0.25, -0.2) is 4.98 Å². The summed E-state index contributed by atoms with van der Waals surface area (Å²) in [5.41, 5.74) is 0.378. The van der Waals surface area contributed by atoms with Crippen LogP contribution in [0.2, 0.25) is 0 Å². The number of hydrogen-bond acceptors (Lipinski definition) is 7. The van der Waals surface area contributed by atoms with E-state index >= 15 is 0 Å². The van der Waals surface area contributed by atoms with E-state index < -0.39 is 0 Å². The standard InChI is InChI=1S/C23H27N5O4S/c1-15(29)26-7-8-28-17(12-26)14-32-22-19(5-2-6-24-22)21(30)25-16-10-20(23(28)31)27(11-16)13-18-4-3-9-33-18/h2-6,9,16-17,20H,7-8,10-14H2,1H3,(H,25,30)/t16-,17-,20-/m0/s1. The van der Waals surface area contributed by atoms with Crippen molar-refractivity contribution in [2.75, 3.05) is 32.8 Å². The number of piperazine rings is 1. The highest BCUT2D eigenvalue weighted by atomic mass is 32.1. The Labute approximate surface area is 196 Å². The Morgan fingerprint density at radius 2 is 2.12 bits per heavy atom. The van der Waals surface area contributed by atoms with Crippen LogP contribution in [0, 0.1) is 0 Å². The lowest BCUT2D eigenvalue weighted by molar-refractivity contribution is -0.146. The fraction of sp³-hybridized carbons (Fsp3) is 0.478. The number of amides is 3. The molecule has 0 unspecified atom stereocenters. The van der Waals surface area contributed by atoms with Crippen molar-refractivity contribution >= 4 is 29.1 Å². The first kappa shape index (κ1) is 21.8. The average Bonchev–Trinajstić information content (AvgIpc) is 3.46. The van der Waals surface area contributed by atoms with Gasteiger partial charge >= 0.3 is 0 Å². The SMILES string of the molecule is CC(=O)N1CCN2C(=O)[C@@H]3C[C@@H](CN3Cc3cccs3)NC(=O)c3cccnc3OC[C@@H]2C1. The lowest BCUT2D eigenvalue weighted by Crippen LogP contribution is -2.61. The predicted octanol–water partition coefficient (Wildman–Crippen LogP) is 0.968. The van der Waals surface area contributed by atoms with Crippen molar-refractivity contribution in [3.8, 4) is 5.88 Å². The number of hydrogen-bond donors (Lipinski definition) is 1. The molecule has 5 heterocycles. The van der Waals surface area contributed by atoms with Crippen molar-refractivity contribution in [1.82, 2.24) is 25.0 Å². The molecule has 0 radical (unpaired) electrons. The molecule has 0 aliphatic carbocycles. The van der Waals surface area contributed by atoms with E-state index in [9.17, 15) is 14.4 Å². The summed E-state index contributed by atoms with van der Waals surface area (Å²) in [6, 6.07) is 6.68. The van der Waals surface area contributed by atoms with Gasteiger partial charge in [-0.05, 0) is 30.0 Å². The molecular formula is C23H27N5O4S. The Morgan fingerprint density at radius 1 is 1.24 bits per heavy atom. The molecule has 9 nitrogen and oxygen atoms in total. The molecule has 10 heteroatoms. The molecule has 2 aromatic heterocycles. The third-order valence-corrected chi connectivity index (χ3v) is 7.46. The minimum atomic E-state index is -0.337. The predicted molar refractivity (Wildman–Crippen MR) is 122 cm³/mol. The summed E-state index contributed by atoms with van der Waals surface area (Å²) in [7, 11) is 0. The summed E-state index contributed by atoms with van der Waals surface area (Å²) in [4.78, 5) is 50.1. The number of carbonyl (C=O) groups excluding carboxylic acids is 3. The van der Waals surface area contributed by atoms with Crippen molar-refractivity contribution in [1.29, 1.82) is 0 Å². The highest BCUT2D eigenvalue weighted by molar-refractivity contribution is 7.09. The van der Waals surface area contributed by atoms with E-state index in [1.54, 1.807) is 41.5 Å². The van der Waals surface area contributed by atoms with Crippen molar-refractivity contribution in [2.45, 2.75) is 38.0 Å². The average molecular weight is 470 g/mol. The van der Waals surface area contributed by atoms with Crippen LogP contribution in [0.4, 0.5) is 0 Å². The van der Waals surface area contributed by atoms with Crippen LogP contribution in [-0.4, -0.2) is 88.3 Å². The highest BCUT2D eigenvalue weighted by Gasteiger charge is 2.43. The number of thiophene rings is 1. The van der Waals surface area contributed by atoms with Gasteiger partial charge in [-0.1, -0.05) is 6.07 Å². The molecule has 0 aromatic carbocycles. The van der Waals surface area contributed by atoms with E-state index in [2.05, 4.69) is 21.3 Å². The lowest BCUT2D eigenvalue weighted by Gasteiger charge is -2.42. The van der Waals surface area contributed by atoms with Gasteiger partial charge < -0.3 is 19.9 Å². The molecule has 3 atom stereocenters. The fourth-order valence-electron chi connectivity index (χ4n) is 4.92. The van der Waals surface area contributed by atoms with Gasteiger partial charge in [-0.15, -0.1) is 11.3 Å². The van der Waals surface area contributed by atoms with E-state index in [1.165, 1.54) is 4.88 Å². The maximum atomic E-state index is 13.8. The summed E-state index contributed by atoms with van der Waals surface area (Å²) in [5, 5.41) is 5.12. The summed E-state index contributed by atoms with van der Waals surface area (Å²) in [5.74, 6) is -0.0000797. The number of fused-ring (bicyclic) bond motifs is 4. The van der Waals surface area contributed by atoms with Gasteiger partial charge in [0, 0.05) is 56.8 Å². The molecule has 2 saturated heterocycles. The molecule has 1 N–H and O–H groups in total. The van der Waals surface area contributed by atoms with Crippen LogP contribution in [-0.2, 0) is 16.1 Å². The Kier molecular flexibility index (Phi) is 6.03. The smallest absolute Gasteiger partial charge is 0.257 e. The second kappa shape index (κ2) is 9.11. The van der Waals surface area contributed by atoms with E-state index in [-0.39, 0.29) is 48.3 Å². The van der Waals surface area contributed by atoms with Gasteiger partial charge in [-0.3, -0.25) is 19.3 Å². The molecule has 0 spiro atoms.